The van der Waals surface area contributed by atoms with Gasteiger partial charge in [-0.25, -0.2) is 10.4 Å². The number of hydrazone groups is 1. The van der Waals surface area contributed by atoms with Crippen molar-refractivity contribution in [2.24, 2.45) is 5.10 Å². The van der Waals surface area contributed by atoms with Crippen molar-refractivity contribution in [1.82, 2.24) is 10.4 Å². The number of amides is 1. The molecule has 0 fully saturated rings. The summed E-state index contributed by atoms with van der Waals surface area (Å²) in [7, 11) is 0. The van der Waals surface area contributed by atoms with Crippen LogP contribution in [0.5, 0.6) is 0 Å². The molecule has 0 spiro atoms. The van der Waals surface area contributed by atoms with Gasteiger partial charge >= 0.3 is 0 Å². The van der Waals surface area contributed by atoms with Crippen molar-refractivity contribution < 1.29 is 4.79 Å². The number of aromatic nitrogens is 1. The van der Waals surface area contributed by atoms with E-state index < -0.39 is 0 Å². The molecule has 1 amide bonds. The normalized spacial score (nSPS) is 10.0. The Hall–Kier alpha value is -2.98. The molecule has 0 aliphatic rings. The van der Waals surface area contributed by atoms with E-state index in [9.17, 15) is 4.79 Å². The Balaban J connectivity index is 1.90. The molecule has 4 nitrogen and oxygen atoms in total. The predicted octanol–water partition coefficient (Wildman–Crippen LogP) is 3.92. The Bertz CT molecular complexity index is 805. The lowest BCUT2D eigenvalue weighted by molar-refractivity contribution is 0.0954. The van der Waals surface area contributed by atoms with Gasteiger partial charge in [0.15, 0.2) is 0 Å². The van der Waals surface area contributed by atoms with Gasteiger partial charge in [0.05, 0.1) is 11.3 Å². The average Bonchev–Trinajstić information content (AvgIpc) is 2.64. The van der Waals surface area contributed by atoms with Crippen molar-refractivity contribution in [2.75, 3.05) is 0 Å². The van der Waals surface area contributed by atoms with Crippen LogP contribution in [0.2, 0.25) is 5.15 Å². The van der Waals surface area contributed by atoms with Crippen LogP contribution < -0.4 is 5.43 Å². The maximum atomic E-state index is 12.2. The molecule has 1 aromatic heterocycles. The number of halogens is 1. The summed E-state index contributed by atoms with van der Waals surface area (Å²) in [5.74, 6) is -0.344. The van der Waals surface area contributed by atoms with Crippen LogP contribution in [0.15, 0.2) is 84.1 Å². The van der Waals surface area contributed by atoms with E-state index in [1.165, 1.54) is 6.20 Å². The summed E-state index contributed by atoms with van der Waals surface area (Å²) in [6, 6.07) is 22.5. The second-order valence-electron chi connectivity index (χ2n) is 5.00. The smallest absolute Gasteiger partial charge is 0.267 e. The lowest BCUT2D eigenvalue weighted by Gasteiger charge is -2.08. The third-order valence-electron chi connectivity index (χ3n) is 3.35. The highest BCUT2D eigenvalue weighted by Crippen LogP contribution is 2.11. The Morgan fingerprint density at radius 1 is 0.833 bits per heavy atom. The van der Waals surface area contributed by atoms with E-state index in [0.29, 0.717) is 16.4 Å². The first-order valence-electron chi connectivity index (χ1n) is 7.34. The number of carbonyl (C=O) groups is 1. The number of carbonyl (C=O) groups excluding carboxylic acids is 1. The highest BCUT2D eigenvalue weighted by atomic mass is 35.5. The topological polar surface area (TPSA) is 54.4 Å². The molecule has 118 valence electrons. The summed E-state index contributed by atoms with van der Waals surface area (Å²) in [5, 5.41) is 4.66. The quantitative estimate of drug-likeness (QED) is 0.446. The molecule has 1 N–H and O–H groups in total. The molecular formula is C19H14ClN3O. The van der Waals surface area contributed by atoms with Crippen LogP contribution in [0.1, 0.15) is 21.5 Å². The van der Waals surface area contributed by atoms with Gasteiger partial charge in [-0.05, 0) is 12.1 Å². The third kappa shape index (κ3) is 3.86. The van der Waals surface area contributed by atoms with E-state index >= 15 is 0 Å². The Kier molecular flexibility index (Phi) is 4.99. The monoisotopic (exact) mass is 335 g/mol. The number of nitrogens with one attached hydrogen (secondary N) is 1. The van der Waals surface area contributed by atoms with E-state index in [0.717, 1.165) is 11.1 Å². The van der Waals surface area contributed by atoms with Gasteiger partial charge in [0.2, 0.25) is 0 Å². The molecule has 0 aliphatic carbocycles. The maximum Gasteiger partial charge on any atom is 0.272 e. The first-order valence-corrected chi connectivity index (χ1v) is 7.72. The second-order valence-corrected chi connectivity index (χ2v) is 5.39. The fraction of sp³-hybridized carbons (Fsp3) is 0. The summed E-state index contributed by atoms with van der Waals surface area (Å²) in [5.41, 5.74) is 5.49. The van der Waals surface area contributed by atoms with Crippen molar-refractivity contribution >= 4 is 23.2 Å². The highest BCUT2D eigenvalue weighted by Gasteiger charge is 2.09. The summed E-state index contributed by atoms with van der Waals surface area (Å²) in [6.07, 6.45) is 1.41. The van der Waals surface area contributed by atoms with Crippen LogP contribution in [0, 0.1) is 0 Å². The lowest BCUT2D eigenvalue weighted by Crippen LogP contribution is -2.20. The van der Waals surface area contributed by atoms with Crippen LogP contribution in [0.25, 0.3) is 0 Å². The van der Waals surface area contributed by atoms with Crippen molar-refractivity contribution in [2.45, 2.75) is 0 Å². The lowest BCUT2D eigenvalue weighted by atomic mass is 10.0. The average molecular weight is 336 g/mol. The molecule has 24 heavy (non-hydrogen) atoms. The zero-order valence-electron chi connectivity index (χ0n) is 12.7. The highest BCUT2D eigenvalue weighted by molar-refractivity contribution is 6.29. The van der Waals surface area contributed by atoms with Crippen molar-refractivity contribution in [3.05, 3.63) is 101 Å². The zero-order valence-corrected chi connectivity index (χ0v) is 13.4. The molecule has 3 aromatic rings. The van der Waals surface area contributed by atoms with Crippen LogP contribution in [0.3, 0.4) is 0 Å². The zero-order chi connectivity index (χ0) is 16.8. The molecule has 1 heterocycles. The Labute approximate surface area is 144 Å². The number of hydrogen-bond acceptors (Lipinski definition) is 3. The van der Waals surface area contributed by atoms with Crippen LogP contribution in [0.4, 0.5) is 0 Å². The summed E-state index contributed by atoms with van der Waals surface area (Å²) in [6.45, 7) is 0. The van der Waals surface area contributed by atoms with Gasteiger partial charge in [-0.2, -0.15) is 5.10 Å². The SMILES string of the molecule is O=C(NN=C(c1ccccc1)c1ccccc1)c1ccc(Cl)nc1. The summed E-state index contributed by atoms with van der Waals surface area (Å²) >= 11 is 5.73. The minimum atomic E-state index is -0.344. The molecule has 0 radical (unpaired) electrons. The van der Waals surface area contributed by atoms with Crippen molar-refractivity contribution in [1.29, 1.82) is 0 Å². The maximum absolute atomic E-state index is 12.2. The van der Waals surface area contributed by atoms with Gasteiger partial charge in [-0.3, -0.25) is 4.79 Å². The van der Waals surface area contributed by atoms with E-state index in [1.807, 2.05) is 60.7 Å². The van der Waals surface area contributed by atoms with Gasteiger partial charge in [0, 0.05) is 17.3 Å². The largest absolute Gasteiger partial charge is 0.272 e. The molecular weight excluding hydrogens is 322 g/mol. The number of hydrogen-bond donors (Lipinski definition) is 1. The fourth-order valence-electron chi connectivity index (χ4n) is 2.17. The van der Waals surface area contributed by atoms with E-state index in [1.54, 1.807) is 12.1 Å². The molecule has 0 bridgehead atoms. The molecule has 3 rings (SSSR count). The second kappa shape index (κ2) is 7.53. The Morgan fingerprint density at radius 2 is 1.42 bits per heavy atom. The third-order valence-corrected chi connectivity index (χ3v) is 3.58. The first kappa shape index (κ1) is 15.9. The van der Waals surface area contributed by atoms with Gasteiger partial charge in [0.25, 0.3) is 5.91 Å². The van der Waals surface area contributed by atoms with E-state index in [4.69, 9.17) is 11.6 Å². The minimum absolute atomic E-state index is 0.337. The minimum Gasteiger partial charge on any atom is -0.267 e. The van der Waals surface area contributed by atoms with Crippen molar-refractivity contribution in [3.63, 3.8) is 0 Å². The molecule has 0 unspecified atom stereocenters. The van der Waals surface area contributed by atoms with Gasteiger partial charge in [-0.1, -0.05) is 72.3 Å². The first-order chi connectivity index (χ1) is 11.7. The molecule has 0 saturated carbocycles. The number of rotatable bonds is 4. The molecule has 5 heteroatoms. The van der Waals surface area contributed by atoms with Gasteiger partial charge < -0.3 is 0 Å². The molecule has 2 aromatic carbocycles. The van der Waals surface area contributed by atoms with E-state index in [-0.39, 0.29) is 5.91 Å². The fourth-order valence-corrected chi connectivity index (χ4v) is 2.28. The van der Waals surface area contributed by atoms with Gasteiger partial charge in [0.1, 0.15) is 5.15 Å². The summed E-state index contributed by atoms with van der Waals surface area (Å²) < 4.78 is 0. The van der Waals surface area contributed by atoms with Gasteiger partial charge in [-0.15, -0.1) is 0 Å². The van der Waals surface area contributed by atoms with E-state index in [2.05, 4.69) is 15.5 Å². The number of pyridine rings is 1. The molecule has 0 aliphatic heterocycles. The number of nitrogens with zero attached hydrogens (tertiary/aromatic N) is 2. The Morgan fingerprint density at radius 3 is 1.92 bits per heavy atom. The number of benzene rings is 2. The van der Waals surface area contributed by atoms with Crippen LogP contribution in [-0.2, 0) is 0 Å². The predicted molar refractivity (Wildman–Crippen MR) is 95.2 cm³/mol. The van der Waals surface area contributed by atoms with Crippen LogP contribution in [-0.4, -0.2) is 16.6 Å². The molecule has 0 atom stereocenters. The summed E-state index contributed by atoms with van der Waals surface area (Å²) in [4.78, 5) is 16.1. The van der Waals surface area contributed by atoms with Crippen LogP contribution >= 0.6 is 11.6 Å². The molecule has 0 saturated heterocycles. The van der Waals surface area contributed by atoms with Crippen molar-refractivity contribution in [3.8, 4) is 0 Å². The standard InChI is InChI=1S/C19H14ClN3O/c20-17-12-11-16(13-21-17)19(24)23-22-18(14-7-3-1-4-8-14)15-9-5-2-6-10-15/h1-13H,(H,23,24).